The van der Waals surface area contributed by atoms with Gasteiger partial charge in [-0.2, -0.15) is 13.2 Å². The summed E-state index contributed by atoms with van der Waals surface area (Å²) < 4.78 is 41.2. The number of carbonyl (C=O) groups excluding carboxylic acids is 1. The first-order chi connectivity index (χ1) is 18.9. The second-order valence-electron chi connectivity index (χ2n) is 9.96. The lowest BCUT2D eigenvalue weighted by Gasteiger charge is -2.34. The summed E-state index contributed by atoms with van der Waals surface area (Å²) in [7, 11) is 5.69. The lowest BCUT2D eigenvalue weighted by atomic mass is 10.1. The molecule has 212 valence electrons. The molecule has 12 heteroatoms. The molecule has 9 nitrogen and oxygen atoms in total. The van der Waals surface area contributed by atoms with Crippen molar-refractivity contribution in [2.75, 3.05) is 62.5 Å². The SMILES string of the molecule is Cc1ccc(NC(=O)c2cc(N3CCN(C)CC3)cc(C(F)(F)F)c2)cc1N(N)/C=C(/c1cncnc1)N(C)C. The highest BCUT2D eigenvalue weighted by molar-refractivity contribution is 6.05. The topological polar surface area (TPSA) is 93.9 Å². The van der Waals surface area contributed by atoms with Crippen molar-refractivity contribution in [3.05, 3.63) is 83.6 Å². The van der Waals surface area contributed by atoms with Crippen LogP contribution in [0.1, 0.15) is 27.0 Å². The molecule has 1 amide bonds. The van der Waals surface area contributed by atoms with Crippen molar-refractivity contribution in [3.63, 3.8) is 0 Å². The molecule has 1 fully saturated rings. The molecule has 1 aliphatic heterocycles. The number of aromatic nitrogens is 2. The van der Waals surface area contributed by atoms with Crippen LogP contribution in [0.2, 0.25) is 0 Å². The Morgan fingerprint density at radius 1 is 1.02 bits per heavy atom. The number of nitrogens with zero attached hydrogens (tertiary/aromatic N) is 6. The first-order valence-electron chi connectivity index (χ1n) is 12.7. The number of rotatable bonds is 7. The predicted octanol–water partition coefficient (Wildman–Crippen LogP) is 4.05. The Labute approximate surface area is 231 Å². The summed E-state index contributed by atoms with van der Waals surface area (Å²) in [6.45, 7) is 4.46. The number of nitrogens with two attached hydrogens (primary N) is 1. The predicted molar refractivity (Wildman–Crippen MR) is 151 cm³/mol. The van der Waals surface area contributed by atoms with Gasteiger partial charge in [-0.1, -0.05) is 6.07 Å². The van der Waals surface area contributed by atoms with Crippen LogP contribution in [0, 0.1) is 6.92 Å². The molecule has 0 saturated carbocycles. The Bertz CT molecular complexity index is 1370. The molecule has 1 aromatic heterocycles. The highest BCUT2D eigenvalue weighted by Crippen LogP contribution is 2.34. The summed E-state index contributed by atoms with van der Waals surface area (Å²) in [6.07, 6.45) is 1.89. The smallest absolute Gasteiger partial charge is 0.376 e. The number of amides is 1. The van der Waals surface area contributed by atoms with Gasteiger partial charge in [0.15, 0.2) is 0 Å². The monoisotopic (exact) mass is 554 g/mol. The Kier molecular flexibility index (Phi) is 8.60. The van der Waals surface area contributed by atoms with Gasteiger partial charge in [-0.3, -0.25) is 9.80 Å². The maximum absolute atomic E-state index is 13.7. The number of piperazine rings is 1. The van der Waals surface area contributed by atoms with Crippen molar-refractivity contribution in [3.8, 4) is 0 Å². The van der Waals surface area contributed by atoms with Crippen LogP contribution < -0.4 is 21.1 Å². The van der Waals surface area contributed by atoms with E-state index in [4.69, 9.17) is 5.84 Å². The third kappa shape index (κ3) is 6.88. The van der Waals surface area contributed by atoms with Crippen molar-refractivity contribution < 1.29 is 18.0 Å². The van der Waals surface area contributed by atoms with E-state index in [9.17, 15) is 18.0 Å². The number of hydrogen-bond donors (Lipinski definition) is 2. The Hall–Kier alpha value is -4.16. The molecule has 0 atom stereocenters. The van der Waals surface area contributed by atoms with E-state index in [0.717, 1.165) is 42.0 Å². The highest BCUT2D eigenvalue weighted by Gasteiger charge is 2.32. The molecule has 0 radical (unpaired) electrons. The fourth-order valence-electron chi connectivity index (χ4n) is 4.40. The van der Waals surface area contributed by atoms with Crippen LogP contribution in [0.5, 0.6) is 0 Å². The van der Waals surface area contributed by atoms with Gasteiger partial charge < -0.3 is 20.0 Å². The average Bonchev–Trinajstić information content (AvgIpc) is 2.92. The number of aryl methyl sites for hydroxylation is 1. The summed E-state index contributed by atoms with van der Waals surface area (Å²) in [5.41, 5.74) is 2.75. The van der Waals surface area contributed by atoms with E-state index in [1.165, 1.54) is 17.4 Å². The van der Waals surface area contributed by atoms with E-state index < -0.39 is 17.6 Å². The number of anilines is 3. The van der Waals surface area contributed by atoms with Gasteiger partial charge in [0.2, 0.25) is 0 Å². The first kappa shape index (κ1) is 28.8. The minimum Gasteiger partial charge on any atom is -0.376 e. The number of alkyl halides is 3. The maximum atomic E-state index is 13.7. The molecular weight excluding hydrogens is 521 g/mol. The fourth-order valence-corrected chi connectivity index (χ4v) is 4.40. The Morgan fingerprint density at radius 3 is 2.33 bits per heavy atom. The first-order valence-corrected chi connectivity index (χ1v) is 12.7. The molecule has 0 unspecified atom stereocenters. The van der Waals surface area contributed by atoms with Crippen molar-refractivity contribution in [2.24, 2.45) is 5.84 Å². The van der Waals surface area contributed by atoms with E-state index >= 15 is 0 Å². The van der Waals surface area contributed by atoms with Gasteiger partial charge in [0.1, 0.15) is 6.33 Å². The molecule has 1 aliphatic rings. The molecule has 3 N–H and O–H groups in total. The van der Waals surface area contributed by atoms with Crippen LogP contribution >= 0.6 is 0 Å². The number of hydrogen-bond acceptors (Lipinski definition) is 8. The van der Waals surface area contributed by atoms with Gasteiger partial charge in [-0.15, -0.1) is 0 Å². The summed E-state index contributed by atoms with van der Waals surface area (Å²) in [5.74, 6) is 5.76. The van der Waals surface area contributed by atoms with E-state index in [0.29, 0.717) is 30.2 Å². The molecule has 0 spiro atoms. The van der Waals surface area contributed by atoms with Gasteiger partial charge in [0.25, 0.3) is 5.91 Å². The van der Waals surface area contributed by atoms with E-state index in [-0.39, 0.29) is 5.56 Å². The highest BCUT2D eigenvalue weighted by atomic mass is 19.4. The summed E-state index contributed by atoms with van der Waals surface area (Å²) in [5, 5.41) is 4.16. The maximum Gasteiger partial charge on any atom is 0.416 e. The van der Waals surface area contributed by atoms with Crippen LogP contribution in [-0.2, 0) is 6.18 Å². The van der Waals surface area contributed by atoms with Crippen LogP contribution in [0.25, 0.3) is 5.70 Å². The van der Waals surface area contributed by atoms with Crippen molar-refractivity contribution in [1.29, 1.82) is 0 Å². The van der Waals surface area contributed by atoms with Gasteiger partial charge in [-0.25, -0.2) is 15.8 Å². The molecule has 2 aromatic carbocycles. The summed E-state index contributed by atoms with van der Waals surface area (Å²) >= 11 is 0. The standard InChI is InChI=1S/C28H33F3N8O/c1-19-5-6-23(14-25(19)39(32)17-26(36(2)3)21-15-33-18-34-16-21)35-27(40)20-11-22(28(29,30)31)13-24(12-20)38-9-7-37(4)8-10-38/h5-6,11-18H,7-10,32H2,1-4H3,(H,35,40)/b26-17-. The van der Waals surface area contributed by atoms with Gasteiger partial charge in [0.05, 0.1) is 16.9 Å². The van der Waals surface area contributed by atoms with Crippen LogP contribution in [0.15, 0.2) is 61.3 Å². The minimum absolute atomic E-state index is 0.0747. The van der Waals surface area contributed by atoms with E-state index in [1.54, 1.807) is 36.8 Å². The number of benzene rings is 2. The molecule has 4 rings (SSSR count). The van der Waals surface area contributed by atoms with Gasteiger partial charge in [-0.05, 0) is 49.9 Å². The van der Waals surface area contributed by atoms with Crippen LogP contribution in [0.4, 0.5) is 30.2 Å². The third-order valence-electron chi connectivity index (χ3n) is 6.72. The molecule has 1 saturated heterocycles. The number of halogens is 3. The number of carbonyl (C=O) groups is 1. The van der Waals surface area contributed by atoms with Gasteiger partial charge in [0, 0.05) is 81.4 Å². The minimum atomic E-state index is -4.59. The van der Waals surface area contributed by atoms with Crippen molar-refractivity contribution >= 4 is 28.7 Å². The van der Waals surface area contributed by atoms with Gasteiger partial charge >= 0.3 is 6.18 Å². The number of nitrogens with one attached hydrogen (secondary N) is 1. The molecule has 0 bridgehead atoms. The zero-order valence-corrected chi connectivity index (χ0v) is 22.9. The lowest BCUT2D eigenvalue weighted by Crippen LogP contribution is -2.44. The second kappa shape index (κ2) is 11.9. The largest absolute Gasteiger partial charge is 0.416 e. The molecular formula is C28H33F3N8O. The quantitative estimate of drug-likeness (QED) is 0.334. The Morgan fingerprint density at radius 2 is 1.70 bits per heavy atom. The number of likely N-dealkylation sites (N-methyl/N-ethyl adjacent to an activating group) is 1. The van der Waals surface area contributed by atoms with Crippen LogP contribution in [0.3, 0.4) is 0 Å². The zero-order chi connectivity index (χ0) is 29.0. The molecule has 40 heavy (non-hydrogen) atoms. The summed E-state index contributed by atoms with van der Waals surface area (Å²) in [6, 6.07) is 8.63. The molecule has 3 aromatic rings. The zero-order valence-electron chi connectivity index (χ0n) is 22.9. The molecule has 0 aliphatic carbocycles. The third-order valence-corrected chi connectivity index (χ3v) is 6.72. The molecule has 2 heterocycles. The number of hydrazine groups is 1. The Balaban J connectivity index is 1.61. The van der Waals surface area contributed by atoms with Crippen LogP contribution in [-0.4, -0.2) is 73.0 Å². The van der Waals surface area contributed by atoms with Crippen molar-refractivity contribution in [2.45, 2.75) is 13.1 Å². The van der Waals surface area contributed by atoms with Crippen molar-refractivity contribution in [1.82, 2.24) is 19.8 Å². The average molecular weight is 555 g/mol. The normalized spacial score (nSPS) is 14.7. The van der Waals surface area contributed by atoms with E-state index in [2.05, 4.69) is 20.2 Å². The fraction of sp³-hybridized carbons (Fsp3) is 0.321. The second-order valence-corrected chi connectivity index (χ2v) is 9.96. The van der Waals surface area contributed by atoms with E-state index in [1.807, 2.05) is 37.9 Å². The lowest BCUT2D eigenvalue weighted by molar-refractivity contribution is -0.137. The summed E-state index contributed by atoms with van der Waals surface area (Å²) in [4.78, 5) is 27.2.